The quantitative estimate of drug-likeness (QED) is 0.621. The molecule has 0 unspecified atom stereocenters. The van der Waals surface area contributed by atoms with Crippen molar-refractivity contribution >= 4 is 34.5 Å². The largest absolute Gasteiger partial charge is 0.322 e. The highest BCUT2D eigenvalue weighted by atomic mass is 35.5. The summed E-state index contributed by atoms with van der Waals surface area (Å²) < 4.78 is 0. The van der Waals surface area contributed by atoms with Gasteiger partial charge < -0.3 is 5.32 Å². The summed E-state index contributed by atoms with van der Waals surface area (Å²) >= 11 is 7.83. The average Bonchev–Trinajstić information content (AvgIpc) is 3.00. The minimum Gasteiger partial charge on any atom is -0.322 e. The Kier molecular flexibility index (Phi) is 5.21. The van der Waals surface area contributed by atoms with E-state index < -0.39 is 0 Å². The van der Waals surface area contributed by atoms with E-state index in [1.807, 2.05) is 56.3 Å². The van der Waals surface area contributed by atoms with Gasteiger partial charge in [-0.2, -0.15) is 0 Å². The van der Waals surface area contributed by atoms with E-state index in [1.54, 1.807) is 11.3 Å². The first-order chi connectivity index (χ1) is 12.0. The zero-order valence-electron chi connectivity index (χ0n) is 14.4. The lowest BCUT2D eigenvalue weighted by atomic mass is 10.1. The van der Waals surface area contributed by atoms with Crippen LogP contribution in [0.1, 0.15) is 32.7 Å². The number of halogens is 1. The molecule has 0 spiro atoms. The zero-order chi connectivity index (χ0) is 18.0. The number of anilines is 1. The van der Waals surface area contributed by atoms with E-state index in [0.717, 1.165) is 33.9 Å². The second-order valence-electron chi connectivity index (χ2n) is 5.80. The number of hydrogen-bond acceptors (Lipinski definition) is 3. The van der Waals surface area contributed by atoms with Crippen LogP contribution in [0, 0.1) is 13.8 Å². The van der Waals surface area contributed by atoms with Crippen molar-refractivity contribution in [3.63, 3.8) is 0 Å². The maximum Gasteiger partial charge on any atom is 0.255 e. The fourth-order valence-electron chi connectivity index (χ4n) is 2.65. The SMILES string of the molecule is CCc1sc(C)nc1-c1ccc(C(=O)Nc2cccc(Cl)c2C)cc1. The molecule has 0 aliphatic heterocycles. The fourth-order valence-corrected chi connectivity index (χ4v) is 3.72. The number of aryl methyl sites for hydroxylation is 2. The van der Waals surface area contributed by atoms with E-state index in [2.05, 4.69) is 17.2 Å². The van der Waals surface area contributed by atoms with E-state index in [-0.39, 0.29) is 5.91 Å². The van der Waals surface area contributed by atoms with Crippen molar-refractivity contribution in [1.29, 1.82) is 0 Å². The Morgan fingerprint density at radius 2 is 1.88 bits per heavy atom. The van der Waals surface area contributed by atoms with Gasteiger partial charge >= 0.3 is 0 Å². The molecule has 0 saturated heterocycles. The van der Waals surface area contributed by atoms with Crippen molar-refractivity contribution in [3.05, 3.63) is 68.5 Å². The van der Waals surface area contributed by atoms with Crippen LogP contribution < -0.4 is 5.32 Å². The second kappa shape index (κ2) is 7.38. The molecule has 3 nitrogen and oxygen atoms in total. The Morgan fingerprint density at radius 3 is 2.56 bits per heavy atom. The summed E-state index contributed by atoms with van der Waals surface area (Å²) in [4.78, 5) is 18.4. The van der Waals surface area contributed by atoms with Crippen molar-refractivity contribution in [2.24, 2.45) is 0 Å². The second-order valence-corrected chi connectivity index (χ2v) is 7.50. The summed E-state index contributed by atoms with van der Waals surface area (Å²) in [5.74, 6) is -0.151. The number of amides is 1. The Balaban J connectivity index is 1.82. The zero-order valence-corrected chi connectivity index (χ0v) is 16.0. The van der Waals surface area contributed by atoms with Crippen LogP contribution in [-0.2, 0) is 6.42 Å². The van der Waals surface area contributed by atoms with E-state index in [4.69, 9.17) is 11.6 Å². The maximum absolute atomic E-state index is 12.5. The molecule has 1 amide bonds. The minimum absolute atomic E-state index is 0.151. The lowest BCUT2D eigenvalue weighted by Gasteiger charge is -2.10. The third kappa shape index (κ3) is 3.75. The van der Waals surface area contributed by atoms with Crippen LogP contribution in [0.4, 0.5) is 5.69 Å². The highest BCUT2D eigenvalue weighted by Crippen LogP contribution is 2.29. The van der Waals surface area contributed by atoms with Crippen LogP contribution in [0.15, 0.2) is 42.5 Å². The molecule has 0 aliphatic carbocycles. The van der Waals surface area contributed by atoms with Crippen molar-refractivity contribution in [1.82, 2.24) is 4.98 Å². The molecule has 0 fully saturated rings. The Hall–Kier alpha value is -2.17. The molecule has 2 aromatic carbocycles. The highest BCUT2D eigenvalue weighted by Gasteiger charge is 2.12. The van der Waals surface area contributed by atoms with Crippen LogP contribution in [0.5, 0.6) is 0 Å². The van der Waals surface area contributed by atoms with Crippen molar-refractivity contribution < 1.29 is 4.79 Å². The lowest BCUT2D eigenvalue weighted by Crippen LogP contribution is -2.12. The van der Waals surface area contributed by atoms with E-state index in [9.17, 15) is 4.79 Å². The molecule has 5 heteroatoms. The van der Waals surface area contributed by atoms with Gasteiger partial charge in [-0.25, -0.2) is 4.98 Å². The monoisotopic (exact) mass is 370 g/mol. The van der Waals surface area contributed by atoms with Crippen LogP contribution in [0.2, 0.25) is 5.02 Å². The van der Waals surface area contributed by atoms with Gasteiger partial charge in [-0.05, 0) is 50.1 Å². The van der Waals surface area contributed by atoms with Gasteiger partial charge in [0.15, 0.2) is 0 Å². The minimum atomic E-state index is -0.151. The molecule has 0 atom stereocenters. The Bertz CT molecular complexity index is 916. The maximum atomic E-state index is 12.5. The van der Waals surface area contributed by atoms with Gasteiger partial charge in [0.25, 0.3) is 5.91 Å². The first-order valence-electron chi connectivity index (χ1n) is 8.12. The number of nitrogens with zero attached hydrogens (tertiary/aromatic N) is 1. The van der Waals surface area contributed by atoms with Crippen molar-refractivity contribution in [2.45, 2.75) is 27.2 Å². The number of aromatic nitrogens is 1. The molecule has 0 radical (unpaired) electrons. The highest BCUT2D eigenvalue weighted by molar-refractivity contribution is 7.12. The van der Waals surface area contributed by atoms with Gasteiger partial charge in [0.05, 0.1) is 10.7 Å². The van der Waals surface area contributed by atoms with Gasteiger partial charge in [0.1, 0.15) is 0 Å². The summed E-state index contributed by atoms with van der Waals surface area (Å²) in [5, 5.41) is 4.61. The number of thiazole rings is 1. The molecule has 128 valence electrons. The van der Waals surface area contributed by atoms with E-state index in [0.29, 0.717) is 10.6 Å². The first kappa shape index (κ1) is 17.6. The summed E-state index contributed by atoms with van der Waals surface area (Å²) in [7, 11) is 0. The van der Waals surface area contributed by atoms with Crippen LogP contribution >= 0.6 is 22.9 Å². The number of nitrogens with one attached hydrogen (secondary N) is 1. The third-order valence-corrected chi connectivity index (χ3v) is 5.59. The number of hydrogen-bond donors (Lipinski definition) is 1. The van der Waals surface area contributed by atoms with Crippen molar-refractivity contribution in [3.8, 4) is 11.3 Å². The van der Waals surface area contributed by atoms with Gasteiger partial charge in [0, 0.05) is 26.7 Å². The third-order valence-electron chi connectivity index (χ3n) is 4.06. The molecular weight excluding hydrogens is 352 g/mol. The molecule has 1 N–H and O–H groups in total. The standard InChI is InChI=1S/C20H19ClN2OS/c1-4-18-19(22-13(3)25-18)14-8-10-15(11-9-14)20(24)23-17-7-5-6-16(21)12(17)2/h5-11H,4H2,1-3H3,(H,23,24). The Labute approximate surface area is 156 Å². The molecule has 0 saturated carbocycles. The number of carbonyl (C=O) groups is 1. The van der Waals surface area contributed by atoms with Gasteiger partial charge in [-0.1, -0.05) is 36.7 Å². The van der Waals surface area contributed by atoms with Gasteiger partial charge in [0.2, 0.25) is 0 Å². The summed E-state index contributed by atoms with van der Waals surface area (Å²) in [6, 6.07) is 13.0. The fraction of sp³-hybridized carbons (Fsp3) is 0.200. The average molecular weight is 371 g/mol. The predicted octanol–water partition coefficient (Wildman–Crippen LogP) is 5.90. The van der Waals surface area contributed by atoms with Crippen molar-refractivity contribution in [2.75, 3.05) is 5.32 Å². The predicted molar refractivity (Wildman–Crippen MR) is 106 cm³/mol. The molecular formula is C20H19ClN2OS. The molecule has 1 heterocycles. The lowest BCUT2D eigenvalue weighted by molar-refractivity contribution is 0.102. The number of rotatable bonds is 4. The van der Waals surface area contributed by atoms with Gasteiger partial charge in [-0.3, -0.25) is 4.79 Å². The number of carbonyl (C=O) groups excluding carboxylic acids is 1. The molecule has 0 bridgehead atoms. The topological polar surface area (TPSA) is 42.0 Å². The van der Waals surface area contributed by atoms with Crippen LogP contribution in [-0.4, -0.2) is 10.9 Å². The molecule has 3 aromatic rings. The smallest absolute Gasteiger partial charge is 0.255 e. The summed E-state index contributed by atoms with van der Waals surface area (Å²) in [6.45, 7) is 6.03. The molecule has 3 rings (SSSR count). The van der Waals surface area contributed by atoms with Crippen LogP contribution in [0.25, 0.3) is 11.3 Å². The molecule has 0 aliphatic rings. The van der Waals surface area contributed by atoms with Crippen LogP contribution in [0.3, 0.4) is 0 Å². The Morgan fingerprint density at radius 1 is 1.16 bits per heavy atom. The molecule has 25 heavy (non-hydrogen) atoms. The molecule has 1 aromatic heterocycles. The summed E-state index contributed by atoms with van der Waals surface area (Å²) in [6.07, 6.45) is 0.955. The summed E-state index contributed by atoms with van der Waals surface area (Å²) in [5.41, 5.74) is 4.25. The van der Waals surface area contributed by atoms with E-state index in [1.165, 1.54) is 4.88 Å². The first-order valence-corrected chi connectivity index (χ1v) is 9.32. The van der Waals surface area contributed by atoms with Gasteiger partial charge in [-0.15, -0.1) is 11.3 Å². The normalized spacial score (nSPS) is 10.7. The number of benzene rings is 2. The van der Waals surface area contributed by atoms with E-state index >= 15 is 0 Å².